The fourth-order valence-electron chi connectivity index (χ4n) is 2.14. The normalized spacial score (nSPS) is 8.54. The van der Waals surface area contributed by atoms with Crippen molar-refractivity contribution in [1.29, 1.82) is 0 Å². The van der Waals surface area contributed by atoms with E-state index in [1.807, 2.05) is 0 Å². The first-order valence-electron chi connectivity index (χ1n) is 8.29. The summed E-state index contributed by atoms with van der Waals surface area (Å²) >= 11 is -1.85. The Morgan fingerprint density at radius 1 is 0.692 bits per heavy atom. The van der Waals surface area contributed by atoms with Crippen LogP contribution in [0.5, 0.6) is 0 Å². The van der Waals surface area contributed by atoms with Crippen LogP contribution in [0, 0.1) is 13.8 Å². The first-order valence-corrected chi connectivity index (χ1v) is 16.4. The molecule has 3 heteroatoms. The minimum absolute atomic E-state index is 1.33. The zero-order valence-electron chi connectivity index (χ0n) is 15.5. The molecule has 0 aliphatic carbocycles. The van der Waals surface area contributed by atoms with Gasteiger partial charge < -0.3 is 13.8 Å². The van der Waals surface area contributed by atoms with E-state index in [1.165, 1.54) is 21.5 Å². The molecule has 0 unspecified atom stereocenters. The molecule has 0 atom stereocenters. The van der Waals surface area contributed by atoms with Crippen LogP contribution < -0.4 is 0 Å². The predicted molar refractivity (Wildman–Crippen MR) is 120 cm³/mol. The van der Waals surface area contributed by atoms with E-state index in [4.69, 9.17) is 17.0 Å². The molecule has 4 aromatic carbocycles. The van der Waals surface area contributed by atoms with Gasteiger partial charge in [-0.2, -0.15) is 48.9 Å². The predicted octanol–water partition coefficient (Wildman–Crippen LogP) is 8.14. The van der Waals surface area contributed by atoms with Crippen LogP contribution in [-0.4, -0.2) is 4.21 Å². The average molecular weight is 465 g/mol. The van der Waals surface area contributed by atoms with Crippen LogP contribution >= 0.6 is 17.0 Å². The molecule has 4 aromatic rings. The fraction of sp³-hybridized carbons (Fsp3) is 0.0870. The van der Waals surface area contributed by atoms with Crippen molar-refractivity contribution in [2.75, 3.05) is 0 Å². The summed E-state index contributed by atoms with van der Waals surface area (Å²) < 4.78 is 3.37. The van der Waals surface area contributed by atoms with Gasteiger partial charge in [-0.05, 0) is 0 Å². The van der Waals surface area contributed by atoms with E-state index < -0.39 is 18.9 Å². The maximum Gasteiger partial charge on any atom is -0.0809 e. The monoisotopic (exact) mass is 462 g/mol. The van der Waals surface area contributed by atoms with Gasteiger partial charge in [-0.1, -0.05) is 12.1 Å². The molecule has 0 radical (unpaired) electrons. The summed E-state index contributed by atoms with van der Waals surface area (Å²) in [6, 6.07) is 29.3. The summed E-state index contributed by atoms with van der Waals surface area (Å²) in [5.41, 5.74) is 0. The van der Waals surface area contributed by atoms with Crippen LogP contribution in [0.1, 0.15) is 13.8 Å². The third kappa shape index (κ3) is 10.2. The molecular formula is C23H26Cl2Zr-4. The van der Waals surface area contributed by atoms with Gasteiger partial charge >= 0.3 is 40.1 Å². The van der Waals surface area contributed by atoms with Crippen molar-refractivity contribution >= 4 is 42.8 Å². The Balaban J connectivity index is 0.000000349. The molecule has 0 aliphatic heterocycles. The van der Waals surface area contributed by atoms with Crippen LogP contribution in [0.4, 0.5) is 0 Å². The Morgan fingerprint density at radius 2 is 1.00 bits per heavy atom. The Hall–Kier alpha value is -1.01. The van der Waals surface area contributed by atoms with E-state index in [2.05, 4.69) is 103 Å². The van der Waals surface area contributed by atoms with Crippen molar-refractivity contribution in [1.82, 2.24) is 0 Å². The van der Waals surface area contributed by atoms with Crippen LogP contribution in [0.15, 0.2) is 84.9 Å². The van der Waals surface area contributed by atoms with Crippen molar-refractivity contribution in [2.24, 2.45) is 0 Å². The first kappa shape index (κ1) is 25.0. The van der Waals surface area contributed by atoms with Gasteiger partial charge in [-0.3, -0.25) is 0 Å². The molecule has 0 fully saturated rings. The number of benzene rings is 2. The maximum atomic E-state index is 5.13. The molecule has 0 saturated carbocycles. The number of rotatable bonds is 0. The zero-order chi connectivity index (χ0) is 19.8. The van der Waals surface area contributed by atoms with Crippen LogP contribution in [-0.2, 0) is 18.9 Å². The molecule has 0 aromatic heterocycles. The summed E-state index contributed by atoms with van der Waals surface area (Å²) in [6.07, 6.45) is 0. The molecule has 0 nitrogen and oxygen atoms in total. The maximum absolute atomic E-state index is 5.13. The quantitative estimate of drug-likeness (QED) is 0.230. The fourth-order valence-corrected chi connectivity index (χ4v) is 2.14. The van der Waals surface area contributed by atoms with Gasteiger partial charge in [0.25, 0.3) is 0 Å². The molecule has 4 rings (SSSR count). The first-order chi connectivity index (χ1) is 12.7. The third-order valence-electron chi connectivity index (χ3n) is 3.10. The molecular weight excluding hydrogens is 438 g/mol. The van der Waals surface area contributed by atoms with E-state index >= 15 is 0 Å². The van der Waals surface area contributed by atoms with Gasteiger partial charge in [0.15, 0.2) is 0 Å². The van der Waals surface area contributed by atoms with Gasteiger partial charge in [0.05, 0.1) is 0 Å². The second-order valence-corrected chi connectivity index (χ2v) is 12.9. The van der Waals surface area contributed by atoms with Crippen molar-refractivity contribution in [2.45, 2.75) is 13.8 Å². The van der Waals surface area contributed by atoms with Gasteiger partial charge in [-0.25, -0.2) is 0 Å². The van der Waals surface area contributed by atoms with Crippen molar-refractivity contribution in [3.05, 3.63) is 98.8 Å². The molecule has 0 bridgehead atoms. The summed E-state index contributed by atoms with van der Waals surface area (Å²) in [7, 11) is 10.3. The zero-order valence-corrected chi connectivity index (χ0v) is 19.4. The topological polar surface area (TPSA) is 0 Å². The second kappa shape index (κ2) is 16.2. The molecule has 0 spiro atoms. The van der Waals surface area contributed by atoms with E-state index in [0.717, 1.165) is 0 Å². The Bertz CT molecular complexity index is 713. The SMILES string of the molecule is [CH2-]C.[CH2-]C.[CH2]=[Zr]([Cl])[Cl].c1ccc2[cH-]ccc2c1.c1ccc2[cH-]ccc2c1. The summed E-state index contributed by atoms with van der Waals surface area (Å²) in [4.78, 5) is 0. The van der Waals surface area contributed by atoms with E-state index in [1.54, 1.807) is 13.8 Å². The molecule has 0 saturated heterocycles. The number of hydrogen-bond acceptors (Lipinski definition) is 0. The van der Waals surface area contributed by atoms with Gasteiger partial charge in [-0.15, -0.1) is 59.3 Å². The molecule has 26 heavy (non-hydrogen) atoms. The van der Waals surface area contributed by atoms with Crippen LogP contribution in [0.25, 0.3) is 21.5 Å². The van der Waals surface area contributed by atoms with Gasteiger partial charge in [0.2, 0.25) is 0 Å². The van der Waals surface area contributed by atoms with E-state index in [9.17, 15) is 0 Å². The summed E-state index contributed by atoms with van der Waals surface area (Å²) in [5.74, 6) is 0. The van der Waals surface area contributed by atoms with E-state index in [0.29, 0.717) is 0 Å². The molecule has 0 amide bonds. The molecule has 0 N–H and O–H groups in total. The minimum Gasteiger partial charge on any atom is -0.168 e. The van der Waals surface area contributed by atoms with Crippen molar-refractivity contribution < 1.29 is 18.9 Å². The van der Waals surface area contributed by atoms with Crippen molar-refractivity contribution in [3.8, 4) is 0 Å². The van der Waals surface area contributed by atoms with E-state index in [-0.39, 0.29) is 0 Å². The Morgan fingerprint density at radius 3 is 1.31 bits per heavy atom. The van der Waals surface area contributed by atoms with Crippen LogP contribution in [0.2, 0.25) is 0 Å². The Kier molecular flexibility index (Phi) is 15.6. The van der Waals surface area contributed by atoms with Gasteiger partial charge in [0, 0.05) is 0 Å². The smallest absolute Gasteiger partial charge is 0.0809 e. The molecule has 140 valence electrons. The second-order valence-electron chi connectivity index (χ2n) is 4.65. The summed E-state index contributed by atoms with van der Waals surface area (Å²) in [6.45, 7) is 10.0. The van der Waals surface area contributed by atoms with Crippen LogP contribution in [0.3, 0.4) is 0 Å². The Labute approximate surface area is 173 Å². The number of halogens is 2. The standard InChI is InChI=1S/2C9H7.2C2H5.CH2.2ClH.Zr/c2*1-2-5-9-7-3-6-8(9)4-1;2*1-2;;;;/h2*1-7H;2*1H2,2H3;1H2;2*1H;/q4*-1;;;;+2/p-2. The van der Waals surface area contributed by atoms with Crippen molar-refractivity contribution in [3.63, 3.8) is 0 Å². The largest absolute Gasteiger partial charge is 0.168 e. The molecule has 0 aliphatic rings. The minimum atomic E-state index is -1.85. The third-order valence-corrected chi connectivity index (χ3v) is 3.10. The molecule has 0 heterocycles. The number of hydrogen-bond donors (Lipinski definition) is 0. The van der Waals surface area contributed by atoms with Gasteiger partial charge in [0.1, 0.15) is 0 Å². The summed E-state index contributed by atoms with van der Waals surface area (Å²) in [5, 5.41) is 5.32. The average Bonchev–Trinajstić information content (AvgIpc) is 3.34. The number of fused-ring (bicyclic) bond motifs is 2.